The highest BCUT2D eigenvalue weighted by molar-refractivity contribution is 5.98. The summed E-state index contributed by atoms with van der Waals surface area (Å²) in [6.45, 7) is 5.36. The molecular weight excluding hydrogens is 214 g/mol. The van der Waals surface area contributed by atoms with Gasteiger partial charge in [0.2, 0.25) is 0 Å². The van der Waals surface area contributed by atoms with Crippen LogP contribution < -0.4 is 0 Å². The molecule has 1 amide bonds. The van der Waals surface area contributed by atoms with Crippen molar-refractivity contribution in [1.29, 1.82) is 0 Å². The molecule has 4 nitrogen and oxygen atoms in total. The molecule has 84 valence electrons. The van der Waals surface area contributed by atoms with Crippen LogP contribution in [-0.4, -0.2) is 10.8 Å². The molecule has 17 heavy (non-hydrogen) atoms. The van der Waals surface area contributed by atoms with Gasteiger partial charge in [0.05, 0.1) is 17.5 Å². The van der Waals surface area contributed by atoms with Gasteiger partial charge in [0, 0.05) is 13.1 Å². The van der Waals surface area contributed by atoms with Crippen molar-refractivity contribution in [1.82, 2.24) is 4.90 Å². The van der Waals surface area contributed by atoms with Crippen LogP contribution in [-0.2, 0) is 17.9 Å². The second-order valence-corrected chi connectivity index (χ2v) is 4.14. The zero-order chi connectivity index (χ0) is 11.8. The van der Waals surface area contributed by atoms with E-state index in [9.17, 15) is 4.79 Å². The lowest BCUT2D eigenvalue weighted by atomic mass is 10.1. The number of hydrogen-bond acceptors (Lipinski definition) is 3. The molecular formula is C13H11N3O. The summed E-state index contributed by atoms with van der Waals surface area (Å²) in [5, 5.41) is 7.17. The molecule has 0 spiro atoms. The second kappa shape index (κ2) is 3.66. The van der Waals surface area contributed by atoms with Gasteiger partial charge >= 0.3 is 0 Å². The fraction of sp³-hybridized carbons (Fsp3) is 0.154. The average molecular weight is 225 g/mol. The molecule has 0 aliphatic carbocycles. The van der Waals surface area contributed by atoms with Crippen LogP contribution >= 0.6 is 0 Å². The van der Waals surface area contributed by atoms with Crippen LogP contribution in [0.4, 0.5) is 0 Å². The first-order valence-electron chi connectivity index (χ1n) is 5.42. The van der Waals surface area contributed by atoms with Crippen LogP contribution in [0.3, 0.4) is 0 Å². The molecule has 0 saturated heterocycles. The van der Waals surface area contributed by atoms with E-state index in [-0.39, 0.29) is 5.91 Å². The van der Waals surface area contributed by atoms with E-state index >= 15 is 0 Å². The summed E-state index contributed by atoms with van der Waals surface area (Å²) in [5.74, 6) is -0.349. The van der Waals surface area contributed by atoms with Crippen molar-refractivity contribution in [3.63, 3.8) is 0 Å². The van der Waals surface area contributed by atoms with Crippen LogP contribution in [0.5, 0.6) is 0 Å². The van der Waals surface area contributed by atoms with Crippen LogP contribution in [0.1, 0.15) is 11.1 Å². The Kier molecular flexibility index (Phi) is 2.14. The Balaban J connectivity index is 1.90. The Labute approximate surface area is 99.0 Å². The fourth-order valence-corrected chi connectivity index (χ4v) is 2.16. The summed E-state index contributed by atoms with van der Waals surface area (Å²) in [7, 11) is 0. The molecule has 1 aromatic rings. The Morgan fingerprint density at radius 3 is 2.47 bits per heavy atom. The lowest BCUT2D eigenvalue weighted by molar-refractivity contribution is -0.114. The minimum Gasteiger partial charge on any atom is -0.361 e. The van der Waals surface area contributed by atoms with Gasteiger partial charge in [-0.3, -0.25) is 4.79 Å². The standard InChI is InChI=1S/C13H11N3O/c1-9-12(6-14-15-13(9)17)16-7-10-4-2-3-5-11(10)8-16/h2-6H,1,7-8H2. The molecule has 0 radical (unpaired) electrons. The molecule has 0 atom stereocenters. The zero-order valence-electron chi connectivity index (χ0n) is 9.26. The van der Waals surface area contributed by atoms with E-state index < -0.39 is 0 Å². The smallest absolute Gasteiger partial charge is 0.296 e. The molecule has 1 aromatic carbocycles. The molecule has 2 heterocycles. The maximum Gasteiger partial charge on any atom is 0.296 e. The highest BCUT2D eigenvalue weighted by Gasteiger charge is 2.25. The Bertz CT molecular complexity index is 547. The van der Waals surface area contributed by atoms with E-state index in [2.05, 4.69) is 33.8 Å². The van der Waals surface area contributed by atoms with Gasteiger partial charge in [-0.2, -0.15) is 5.11 Å². The number of azo groups is 1. The average Bonchev–Trinajstić information content (AvgIpc) is 2.76. The van der Waals surface area contributed by atoms with Crippen LogP contribution in [0, 0.1) is 0 Å². The third-order valence-corrected chi connectivity index (χ3v) is 3.08. The van der Waals surface area contributed by atoms with Crippen LogP contribution in [0.2, 0.25) is 0 Å². The third-order valence-electron chi connectivity index (χ3n) is 3.08. The van der Waals surface area contributed by atoms with E-state index in [1.54, 1.807) is 6.20 Å². The van der Waals surface area contributed by atoms with Gasteiger partial charge in [-0.05, 0) is 11.1 Å². The highest BCUT2D eigenvalue weighted by atomic mass is 16.1. The van der Waals surface area contributed by atoms with Gasteiger partial charge in [-0.25, -0.2) is 0 Å². The second-order valence-electron chi connectivity index (χ2n) is 4.14. The first-order valence-corrected chi connectivity index (χ1v) is 5.42. The first kappa shape index (κ1) is 9.96. The largest absolute Gasteiger partial charge is 0.361 e. The van der Waals surface area contributed by atoms with Crippen molar-refractivity contribution < 1.29 is 4.79 Å². The number of fused-ring (bicyclic) bond motifs is 1. The fourth-order valence-electron chi connectivity index (χ4n) is 2.16. The topological polar surface area (TPSA) is 45.0 Å². The summed E-state index contributed by atoms with van der Waals surface area (Å²) >= 11 is 0. The number of hydrogen-bond donors (Lipinski definition) is 0. The van der Waals surface area contributed by atoms with Gasteiger partial charge in [0.25, 0.3) is 5.91 Å². The number of amides is 1. The third kappa shape index (κ3) is 1.58. The summed E-state index contributed by atoms with van der Waals surface area (Å²) in [6, 6.07) is 8.25. The van der Waals surface area contributed by atoms with Crippen LogP contribution in [0.15, 0.2) is 58.5 Å². The first-order chi connectivity index (χ1) is 8.25. The summed E-state index contributed by atoms with van der Waals surface area (Å²) in [4.78, 5) is 13.5. The zero-order valence-corrected chi connectivity index (χ0v) is 9.26. The molecule has 4 heteroatoms. The van der Waals surface area contributed by atoms with Crippen molar-refractivity contribution in [2.75, 3.05) is 0 Å². The number of benzene rings is 1. The SMILES string of the molecule is C=C1C(=O)N=NC=C1N1Cc2ccccc2C1. The highest BCUT2D eigenvalue weighted by Crippen LogP contribution is 2.29. The molecule has 2 aliphatic rings. The minimum absolute atomic E-state index is 0.349. The summed E-state index contributed by atoms with van der Waals surface area (Å²) in [6.07, 6.45) is 1.61. The summed E-state index contributed by atoms with van der Waals surface area (Å²) in [5.41, 5.74) is 3.78. The van der Waals surface area contributed by atoms with E-state index in [0.717, 1.165) is 18.8 Å². The number of nitrogens with zero attached hydrogens (tertiary/aromatic N) is 3. The van der Waals surface area contributed by atoms with Gasteiger partial charge < -0.3 is 4.90 Å². The Morgan fingerprint density at radius 2 is 1.82 bits per heavy atom. The normalized spacial score (nSPS) is 18.4. The molecule has 0 saturated carbocycles. The van der Waals surface area contributed by atoms with E-state index in [1.165, 1.54) is 11.1 Å². The maximum atomic E-state index is 11.4. The van der Waals surface area contributed by atoms with Gasteiger partial charge in [-0.15, -0.1) is 5.11 Å². The number of carbonyl (C=O) groups excluding carboxylic acids is 1. The Morgan fingerprint density at radius 1 is 1.18 bits per heavy atom. The molecule has 0 aromatic heterocycles. The molecule has 3 rings (SSSR count). The van der Waals surface area contributed by atoms with Gasteiger partial charge in [0.15, 0.2) is 0 Å². The monoisotopic (exact) mass is 225 g/mol. The number of carbonyl (C=O) groups is 1. The number of rotatable bonds is 1. The lowest BCUT2D eigenvalue weighted by Crippen LogP contribution is -2.21. The van der Waals surface area contributed by atoms with Crippen molar-refractivity contribution in [2.45, 2.75) is 13.1 Å². The molecule has 0 N–H and O–H groups in total. The van der Waals surface area contributed by atoms with E-state index in [0.29, 0.717) is 5.57 Å². The summed E-state index contributed by atoms with van der Waals surface area (Å²) < 4.78 is 0. The predicted octanol–water partition coefficient (Wildman–Crippen LogP) is 2.39. The Hall–Kier alpha value is -2.23. The molecule has 2 aliphatic heterocycles. The minimum atomic E-state index is -0.349. The van der Waals surface area contributed by atoms with Gasteiger partial charge in [-0.1, -0.05) is 30.8 Å². The van der Waals surface area contributed by atoms with Crippen molar-refractivity contribution in [2.24, 2.45) is 10.2 Å². The molecule has 0 fully saturated rings. The quantitative estimate of drug-likeness (QED) is 0.689. The molecule has 0 bridgehead atoms. The van der Waals surface area contributed by atoms with Crippen molar-refractivity contribution in [3.8, 4) is 0 Å². The predicted molar refractivity (Wildman–Crippen MR) is 62.8 cm³/mol. The van der Waals surface area contributed by atoms with E-state index in [1.807, 2.05) is 12.1 Å². The van der Waals surface area contributed by atoms with Crippen molar-refractivity contribution in [3.05, 3.63) is 59.4 Å². The molecule has 0 unspecified atom stereocenters. The van der Waals surface area contributed by atoms with Crippen LogP contribution in [0.25, 0.3) is 0 Å². The lowest BCUT2D eigenvalue weighted by Gasteiger charge is -2.22. The van der Waals surface area contributed by atoms with Crippen molar-refractivity contribution >= 4 is 5.91 Å². The van der Waals surface area contributed by atoms with E-state index in [4.69, 9.17) is 0 Å². The maximum absolute atomic E-state index is 11.4. The van der Waals surface area contributed by atoms with Gasteiger partial charge in [0.1, 0.15) is 0 Å².